The van der Waals surface area contributed by atoms with Crippen LogP contribution in [0.1, 0.15) is 37.7 Å². The summed E-state index contributed by atoms with van der Waals surface area (Å²) in [6.07, 6.45) is 6.06. The third-order valence-corrected chi connectivity index (χ3v) is 3.87. The van der Waals surface area contributed by atoms with Gasteiger partial charge in [0.2, 0.25) is 0 Å². The Bertz CT molecular complexity index is 361. The molecule has 1 aromatic carbocycles. The zero-order chi connectivity index (χ0) is 12.8. The summed E-state index contributed by atoms with van der Waals surface area (Å²) in [7, 11) is 0. The molecule has 2 atom stereocenters. The van der Waals surface area contributed by atoms with Crippen molar-refractivity contribution in [2.75, 3.05) is 6.61 Å². The topological polar surface area (TPSA) is 29.5 Å². The second kappa shape index (κ2) is 7.13. The van der Waals surface area contributed by atoms with E-state index in [1.807, 2.05) is 24.3 Å². The Hall–Kier alpha value is -0.570. The number of aliphatic hydroxyl groups is 1. The minimum Gasteiger partial charge on any atom is -0.393 e. The molecule has 0 bridgehead atoms. The SMILES string of the molecule is OC(CCCC1CCCO1)Cc1ccccc1Cl. The first-order valence-electron chi connectivity index (χ1n) is 6.79. The quantitative estimate of drug-likeness (QED) is 0.854. The summed E-state index contributed by atoms with van der Waals surface area (Å²) in [5.41, 5.74) is 1.03. The highest BCUT2D eigenvalue weighted by molar-refractivity contribution is 6.31. The van der Waals surface area contributed by atoms with Gasteiger partial charge in [-0.3, -0.25) is 0 Å². The maximum atomic E-state index is 10.0. The van der Waals surface area contributed by atoms with Gasteiger partial charge in [0.05, 0.1) is 12.2 Å². The number of benzene rings is 1. The van der Waals surface area contributed by atoms with E-state index >= 15 is 0 Å². The maximum absolute atomic E-state index is 10.0. The Balaban J connectivity index is 1.68. The van der Waals surface area contributed by atoms with Gasteiger partial charge in [0.25, 0.3) is 0 Å². The van der Waals surface area contributed by atoms with E-state index in [2.05, 4.69) is 0 Å². The Kier molecular flexibility index (Phi) is 5.48. The van der Waals surface area contributed by atoms with E-state index in [4.69, 9.17) is 16.3 Å². The molecule has 0 aromatic heterocycles. The van der Waals surface area contributed by atoms with Crippen LogP contribution in [-0.2, 0) is 11.2 Å². The van der Waals surface area contributed by atoms with E-state index in [1.54, 1.807) is 0 Å². The molecule has 3 heteroatoms. The predicted octanol–water partition coefficient (Wildman–Crippen LogP) is 3.59. The highest BCUT2D eigenvalue weighted by Crippen LogP contribution is 2.21. The first-order chi connectivity index (χ1) is 8.75. The molecular weight excluding hydrogens is 248 g/mol. The molecule has 18 heavy (non-hydrogen) atoms. The van der Waals surface area contributed by atoms with Crippen LogP contribution in [0, 0.1) is 0 Å². The minimum absolute atomic E-state index is 0.300. The monoisotopic (exact) mass is 268 g/mol. The fourth-order valence-corrected chi connectivity index (χ4v) is 2.69. The van der Waals surface area contributed by atoms with Crippen molar-refractivity contribution in [3.05, 3.63) is 34.9 Å². The zero-order valence-corrected chi connectivity index (χ0v) is 11.4. The van der Waals surface area contributed by atoms with Crippen LogP contribution in [0.15, 0.2) is 24.3 Å². The van der Waals surface area contributed by atoms with Crippen LogP contribution in [0.4, 0.5) is 0 Å². The van der Waals surface area contributed by atoms with E-state index in [1.165, 1.54) is 12.8 Å². The average Bonchev–Trinajstić information content (AvgIpc) is 2.85. The van der Waals surface area contributed by atoms with Crippen molar-refractivity contribution < 1.29 is 9.84 Å². The summed E-state index contributed by atoms with van der Waals surface area (Å²) in [4.78, 5) is 0. The van der Waals surface area contributed by atoms with Crippen molar-refractivity contribution in [1.29, 1.82) is 0 Å². The standard InChI is InChI=1S/C15H21ClO2/c16-15-9-2-1-5-12(15)11-13(17)6-3-7-14-8-4-10-18-14/h1-2,5,9,13-14,17H,3-4,6-8,10-11H2. The van der Waals surface area contributed by atoms with Gasteiger partial charge >= 0.3 is 0 Å². The fraction of sp³-hybridized carbons (Fsp3) is 0.600. The molecule has 1 aliphatic rings. The van der Waals surface area contributed by atoms with Gasteiger partial charge in [0.15, 0.2) is 0 Å². The van der Waals surface area contributed by atoms with Gasteiger partial charge in [-0.2, -0.15) is 0 Å². The van der Waals surface area contributed by atoms with Crippen LogP contribution < -0.4 is 0 Å². The molecule has 0 radical (unpaired) electrons. The predicted molar refractivity (Wildman–Crippen MR) is 74.0 cm³/mol. The molecule has 1 fully saturated rings. The van der Waals surface area contributed by atoms with Gasteiger partial charge < -0.3 is 9.84 Å². The zero-order valence-electron chi connectivity index (χ0n) is 10.6. The summed E-state index contributed by atoms with van der Waals surface area (Å²) >= 11 is 6.07. The Labute approximate surface area is 114 Å². The molecule has 1 aliphatic heterocycles. The number of hydrogen-bond donors (Lipinski definition) is 1. The van der Waals surface area contributed by atoms with Gasteiger partial charge in [0.1, 0.15) is 0 Å². The van der Waals surface area contributed by atoms with Crippen molar-refractivity contribution in [3.8, 4) is 0 Å². The molecule has 1 heterocycles. The Morgan fingerprint density at radius 1 is 1.39 bits per heavy atom. The van der Waals surface area contributed by atoms with E-state index < -0.39 is 0 Å². The summed E-state index contributed by atoms with van der Waals surface area (Å²) in [5.74, 6) is 0. The normalized spacial score (nSPS) is 21.1. The molecule has 2 unspecified atom stereocenters. The average molecular weight is 269 g/mol. The van der Waals surface area contributed by atoms with E-state index in [-0.39, 0.29) is 6.10 Å². The third kappa shape index (κ3) is 4.27. The molecule has 0 aliphatic carbocycles. The highest BCUT2D eigenvalue weighted by Gasteiger charge is 2.16. The molecule has 2 rings (SSSR count). The van der Waals surface area contributed by atoms with Crippen LogP contribution in [0.2, 0.25) is 5.02 Å². The number of hydrogen-bond acceptors (Lipinski definition) is 2. The Morgan fingerprint density at radius 2 is 2.22 bits per heavy atom. The number of rotatable bonds is 6. The van der Waals surface area contributed by atoms with Crippen molar-refractivity contribution >= 4 is 11.6 Å². The van der Waals surface area contributed by atoms with E-state index in [0.717, 1.165) is 36.5 Å². The molecule has 1 N–H and O–H groups in total. The lowest BCUT2D eigenvalue weighted by molar-refractivity contribution is 0.0945. The highest BCUT2D eigenvalue weighted by atomic mass is 35.5. The van der Waals surface area contributed by atoms with Crippen LogP contribution in [0.25, 0.3) is 0 Å². The van der Waals surface area contributed by atoms with Gasteiger partial charge in [-0.15, -0.1) is 0 Å². The maximum Gasteiger partial charge on any atom is 0.0581 e. The number of aliphatic hydroxyl groups excluding tert-OH is 1. The molecule has 0 spiro atoms. The van der Waals surface area contributed by atoms with Gasteiger partial charge in [-0.1, -0.05) is 29.8 Å². The Morgan fingerprint density at radius 3 is 2.94 bits per heavy atom. The van der Waals surface area contributed by atoms with E-state index in [0.29, 0.717) is 12.5 Å². The van der Waals surface area contributed by atoms with Crippen molar-refractivity contribution in [2.24, 2.45) is 0 Å². The van der Waals surface area contributed by atoms with Gasteiger partial charge in [-0.05, 0) is 50.2 Å². The summed E-state index contributed by atoms with van der Waals surface area (Å²) in [6.45, 7) is 0.910. The molecule has 1 aromatic rings. The molecule has 1 saturated heterocycles. The third-order valence-electron chi connectivity index (χ3n) is 3.50. The molecule has 100 valence electrons. The molecule has 2 nitrogen and oxygen atoms in total. The summed E-state index contributed by atoms with van der Waals surface area (Å²) < 4.78 is 5.57. The van der Waals surface area contributed by atoms with Crippen molar-refractivity contribution in [3.63, 3.8) is 0 Å². The van der Waals surface area contributed by atoms with Gasteiger partial charge in [-0.25, -0.2) is 0 Å². The number of ether oxygens (including phenoxy) is 1. The lowest BCUT2D eigenvalue weighted by atomic mass is 10.0. The first kappa shape index (κ1) is 13.9. The lowest BCUT2D eigenvalue weighted by Crippen LogP contribution is -2.12. The van der Waals surface area contributed by atoms with Crippen molar-refractivity contribution in [2.45, 2.75) is 50.7 Å². The van der Waals surface area contributed by atoms with Crippen LogP contribution in [-0.4, -0.2) is 23.9 Å². The van der Waals surface area contributed by atoms with Crippen molar-refractivity contribution in [1.82, 2.24) is 0 Å². The number of halogens is 1. The second-order valence-corrected chi connectivity index (χ2v) is 5.42. The van der Waals surface area contributed by atoms with E-state index in [9.17, 15) is 5.11 Å². The fourth-order valence-electron chi connectivity index (χ4n) is 2.47. The lowest BCUT2D eigenvalue weighted by Gasteiger charge is -2.13. The first-order valence-corrected chi connectivity index (χ1v) is 7.16. The van der Waals surface area contributed by atoms with Crippen LogP contribution in [0.5, 0.6) is 0 Å². The molecular formula is C15H21ClO2. The second-order valence-electron chi connectivity index (χ2n) is 5.02. The van der Waals surface area contributed by atoms with Gasteiger partial charge in [0, 0.05) is 11.6 Å². The molecule has 0 saturated carbocycles. The molecule has 0 amide bonds. The minimum atomic E-state index is -0.300. The summed E-state index contributed by atoms with van der Waals surface area (Å²) in [5, 5.41) is 10.7. The largest absolute Gasteiger partial charge is 0.393 e. The van der Waals surface area contributed by atoms with Crippen LogP contribution >= 0.6 is 11.6 Å². The van der Waals surface area contributed by atoms with Crippen LogP contribution in [0.3, 0.4) is 0 Å². The summed E-state index contributed by atoms with van der Waals surface area (Å²) in [6, 6.07) is 7.72. The smallest absolute Gasteiger partial charge is 0.0581 e.